The molecule has 0 saturated carbocycles. The van der Waals surface area contributed by atoms with Crippen LogP contribution >= 0.6 is 0 Å². The molecule has 0 saturated heterocycles. The van der Waals surface area contributed by atoms with Gasteiger partial charge in [-0.1, -0.05) is 13.8 Å². The van der Waals surface area contributed by atoms with Crippen LogP contribution in [0.25, 0.3) is 0 Å². The lowest BCUT2D eigenvalue weighted by Crippen LogP contribution is -2.12. The molecule has 1 rings (SSSR count). The van der Waals surface area contributed by atoms with Crippen molar-refractivity contribution in [2.45, 2.75) is 25.9 Å². The minimum atomic E-state index is -4.57. The van der Waals surface area contributed by atoms with Crippen molar-refractivity contribution in [1.29, 1.82) is 0 Å². The maximum atomic E-state index is 12.2. The SMILES string of the molecule is CC(C)c1nc(C(F)(F)F)ncc1O. The zero-order chi connectivity index (χ0) is 10.9. The van der Waals surface area contributed by atoms with Crippen molar-refractivity contribution in [2.75, 3.05) is 0 Å². The highest BCUT2D eigenvalue weighted by Gasteiger charge is 2.35. The summed E-state index contributed by atoms with van der Waals surface area (Å²) >= 11 is 0. The van der Waals surface area contributed by atoms with Gasteiger partial charge >= 0.3 is 6.18 Å². The molecule has 1 heterocycles. The zero-order valence-electron chi connectivity index (χ0n) is 7.63. The van der Waals surface area contributed by atoms with Gasteiger partial charge < -0.3 is 5.11 Å². The molecular formula is C8H9F3N2O. The van der Waals surface area contributed by atoms with Gasteiger partial charge in [-0.2, -0.15) is 13.2 Å². The predicted molar refractivity (Wildman–Crippen MR) is 42.8 cm³/mol. The van der Waals surface area contributed by atoms with Crippen molar-refractivity contribution in [3.8, 4) is 5.75 Å². The molecule has 78 valence electrons. The van der Waals surface area contributed by atoms with Crippen LogP contribution in [0.3, 0.4) is 0 Å². The monoisotopic (exact) mass is 206 g/mol. The van der Waals surface area contributed by atoms with Crippen molar-refractivity contribution in [1.82, 2.24) is 9.97 Å². The third kappa shape index (κ3) is 2.12. The Kier molecular flexibility index (Phi) is 2.64. The number of nitrogens with zero attached hydrogens (tertiary/aromatic N) is 2. The Labute approximate surface area is 78.6 Å². The van der Waals surface area contributed by atoms with Crippen LogP contribution in [-0.4, -0.2) is 15.1 Å². The molecule has 1 aromatic heterocycles. The summed E-state index contributed by atoms with van der Waals surface area (Å²) in [6.45, 7) is 3.28. The summed E-state index contributed by atoms with van der Waals surface area (Å²) in [6, 6.07) is 0. The average Bonchev–Trinajstić information content (AvgIpc) is 2.02. The largest absolute Gasteiger partial charge is 0.504 e. The fourth-order valence-electron chi connectivity index (χ4n) is 0.950. The van der Waals surface area contributed by atoms with E-state index in [1.165, 1.54) is 0 Å². The lowest BCUT2D eigenvalue weighted by molar-refractivity contribution is -0.145. The van der Waals surface area contributed by atoms with Crippen LogP contribution in [0.4, 0.5) is 13.2 Å². The summed E-state index contributed by atoms with van der Waals surface area (Å²) in [4.78, 5) is 6.26. The third-order valence-corrected chi connectivity index (χ3v) is 1.60. The van der Waals surface area contributed by atoms with Gasteiger partial charge in [0.05, 0.1) is 11.9 Å². The summed E-state index contributed by atoms with van der Waals surface area (Å²) in [5.41, 5.74) is 0.00678. The second-order valence-electron chi connectivity index (χ2n) is 3.12. The molecule has 0 aliphatic rings. The van der Waals surface area contributed by atoms with E-state index in [1.54, 1.807) is 13.8 Å². The molecular weight excluding hydrogens is 197 g/mol. The summed E-state index contributed by atoms with van der Waals surface area (Å²) in [7, 11) is 0. The number of hydrogen-bond donors (Lipinski definition) is 1. The molecule has 0 bridgehead atoms. The summed E-state index contributed by atoms with van der Waals surface area (Å²) in [5.74, 6) is -1.81. The Morgan fingerprint density at radius 1 is 1.36 bits per heavy atom. The first-order valence-corrected chi connectivity index (χ1v) is 3.95. The second kappa shape index (κ2) is 3.43. The van der Waals surface area contributed by atoms with E-state index in [9.17, 15) is 18.3 Å². The van der Waals surface area contributed by atoms with Crippen LogP contribution in [-0.2, 0) is 6.18 Å². The third-order valence-electron chi connectivity index (χ3n) is 1.60. The number of aromatic nitrogens is 2. The first-order chi connectivity index (χ1) is 6.32. The number of rotatable bonds is 1. The normalized spacial score (nSPS) is 12.1. The van der Waals surface area contributed by atoms with Gasteiger partial charge in [0.25, 0.3) is 0 Å². The van der Waals surface area contributed by atoms with E-state index in [4.69, 9.17) is 0 Å². The maximum Gasteiger partial charge on any atom is 0.451 e. The van der Waals surface area contributed by atoms with Crippen molar-refractivity contribution < 1.29 is 18.3 Å². The lowest BCUT2D eigenvalue weighted by atomic mass is 10.1. The smallest absolute Gasteiger partial charge is 0.451 e. The van der Waals surface area contributed by atoms with Gasteiger partial charge in [0.15, 0.2) is 5.75 Å². The van der Waals surface area contributed by atoms with E-state index in [0.29, 0.717) is 0 Å². The lowest BCUT2D eigenvalue weighted by Gasteiger charge is -2.10. The first-order valence-electron chi connectivity index (χ1n) is 3.95. The van der Waals surface area contributed by atoms with E-state index in [1.807, 2.05) is 0 Å². The molecule has 0 radical (unpaired) electrons. The number of alkyl halides is 3. The standard InChI is InChI=1S/C8H9F3N2O/c1-4(2)6-5(14)3-12-7(13-6)8(9,10)11/h3-4,14H,1-2H3. The highest BCUT2D eigenvalue weighted by Crippen LogP contribution is 2.29. The molecule has 6 heteroatoms. The summed E-state index contributed by atoms with van der Waals surface area (Å²) < 4.78 is 36.5. The van der Waals surface area contributed by atoms with Crippen LogP contribution in [0.2, 0.25) is 0 Å². The van der Waals surface area contributed by atoms with Crippen molar-refractivity contribution in [2.24, 2.45) is 0 Å². The van der Waals surface area contributed by atoms with Crippen LogP contribution in [0.1, 0.15) is 31.3 Å². The fraction of sp³-hybridized carbons (Fsp3) is 0.500. The Balaban J connectivity index is 3.20. The van der Waals surface area contributed by atoms with Gasteiger partial charge in [0, 0.05) is 0 Å². The molecule has 1 N–H and O–H groups in total. The van der Waals surface area contributed by atoms with E-state index in [0.717, 1.165) is 6.20 Å². The fourth-order valence-corrected chi connectivity index (χ4v) is 0.950. The zero-order valence-corrected chi connectivity index (χ0v) is 7.63. The van der Waals surface area contributed by atoms with Crippen molar-refractivity contribution >= 4 is 0 Å². The molecule has 0 aliphatic carbocycles. The van der Waals surface area contributed by atoms with Crippen LogP contribution < -0.4 is 0 Å². The van der Waals surface area contributed by atoms with Gasteiger partial charge in [0.2, 0.25) is 5.82 Å². The molecule has 0 aliphatic heterocycles. The Bertz CT molecular complexity index is 336. The van der Waals surface area contributed by atoms with E-state index < -0.39 is 12.0 Å². The first kappa shape index (κ1) is 10.7. The molecule has 1 aromatic rings. The quantitative estimate of drug-likeness (QED) is 0.766. The summed E-state index contributed by atoms with van der Waals surface area (Å²) in [5, 5.41) is 9.18. The topological polar surface area (TPSA) is 46.0 Å². The van der Waals surface area contributed by atoms with E-state index in [-0.39, 0.29) is 17.4 Å². The minimum Gasteiger partial charge on any atom is -0.504 e. The van der Waals surface area contributed by atoms with Crippen LogP contribution in [0.5, 0.6) is 5.75 Å². The molecule has 0 spiro atoms. The highest BCUT2D eigenvalue weighted by atomic mass is 19.4. The Morgan fingerprint density at radius 2 is 1.93 bits per heavy atom. The number of aromatic hydroxyl groups is 1. The van der Waals surface area contributed by atoms with E-state index in [2.05, 4.69) is 9.97 Å². The van der Waals surface area contributed by atoms with Crippen LogP contribution in [0.15, 0.2) is 6.20 Å². The molecule has 0 fully saturated rings. The molecule has 3 nitrogen and oxygen atoms in total. The van der Waals surface area contributed by atoms with Crippen molar-refractivity contribution in [3.05, 3.63) is 17.7 Å². The average molecular weight is 206 g/mol. The number of hydrogen-bond acceptors (Lipinski definition) is 3. The molecule has 0 amide bonds. The predicted octanol–water partition coefficient (Wildman–Crippen LogP) is 2.32. The van der Waals surface area contributed by atoms with E-state index >= 15 is 0 Å². The number of halogens is 3. The Hall–Kier alpha value is -1.33. The van der Waals surface area contributed by atoms with Crippen molar-refractivity contribution in [3.63, 3.8) is 0 Å². The van der Waals surface area contributed by atoms with Gasteiger partial charge in [-0.25, -0.2) is 9.97 Å². The van der Waals surface area contributed by atoms with Gasteiger partial charge in [0.1, 0.15) is 0 Å². The van der Waals surface area contributed by atoms with Gasteiger partial charge in [-0.3, -0.25) is 0 Å². The van der Waals surface area contributed by atoms with Gasteiger partial charge in [-0.15, -0.1) is 0 Å². The summed E-state index contributed by atoms with van der Waals surface area (Å²) in [6.07, 6.45) is -3.80. The van der Waals surface area contributed by atoms with Crippen LogP contribution in [0, 0.1) is 0 Å². The molecule has 0 unspecified atom stereocenters. The Morgan fingerprint density at radius 3 is 2.36 bits per heavy atom. The minimum absolute atomic E-state index is 0.00678. The molecule has 0 atom stereocenters. The van der Waals surface area contributed by atoms with Gasteiger partial charge in [-0.05, 0) is 5.92 Å². The maximum absolute atomic E-state index is 12.2. The second-order valence-corrected chi connectivity index (χ2v) is 3.12. The highest BCUT2D eigenvalue weighted by molar-refractivity contribution is 5.26. The molecule has 0 aromatic carbocycles. The molecule has 14 heavy (non-hydrogen) atoms.